The molecule has 130 valence electrons. The van der Waals surface area contributed by atoms with E-state index in [1.165, 1.54) is 64.0 Å². The summed E-state index contributed by atoms with van der Waals surface area (Å²) >= 11 is 1.92. The second kappa shape index (κ2) is 5.21. The zero-order chi connectivity index (χ0) is 18.2. The number of fused-ring (bicyclic) bond motifs is 10. The van der Waals surface area contributed by atoms with Crippen LogP contribution in [0.4, 0.5) is 0 Å². The van der Waals surface area contributed by atoms with E-state index in [1.54, 1.807) is 0 Å². The van der Waals surface area contributed by atoms with Gasteiger partial charge < -0.3 is 0 Å². The summed E-state index contributed by atoms with van der Waals surface area (Å²) in [7, 11) is 0. The second-order valence-corrected chi connectivity index (χ2v) is 8.84. The Bertz CT molecular complexity index is 1580. The summed E-state index contributed by atoms with van der Waals surface area (Å²) in [5.74, 6) is 0. The second-order valence-electron chi connectivity index (χ2n) is 7.76. The first-order valence-electron chi connectivity index (χ1n) is 9.75. The molecule has 1 aromatic heterocycles. The highest BCUT2D eigenvalue weighted by molar-refractivity contribution is 7.26. The fourth-order valence-electron chi connectivity index (χ4n) is 5.01. The van der Waals surface area contributed by atoms with Crippen LogP contribution < -0.4 is 0 Å². The van der Waals surface area contributed by atoms with Crippen LogP contribution in [0.2, 0.25) is 0 Å². The maximum atomic E-state index is 2.39. The van der Waals surface area contributed by atoms with Crippen molar-refractivity contribution >= 4 is 53.1 Å². The molecule has 0 unspecified atom stereocenters. The quantitative estimate of drug-likeness (QED) is 0.253. The van der Waals surface area contributed by atoms with Gasteiger partial charge in [-0.3, -0.25) is 0 Å². The average Bonchev–Trinajstić information content (AvgIpc) is 3.29. The van der Waals surface area contributed by atoms with Crippen LogP contribution in [0.3, 0.4) is 0 Å². The Morgan fingerprint density at radius 3 is 2.29 bits per heavy atom. The highest BCUT2D eigenvalue weighted by atomic mass is 32.1. The number of thiophene rings is 1. The van der Waals surface area contributed by atoms with Gasteiger partial charge in [-0.2, -0.15) is 0 Å². The van der Waals surface area contributed by atoms with Crippen molar-refractivity contribution in [1.29, 1.82) is 0 Å². The lowest BCUT2D eigenvalue weighted by atomic mass is 9.97. The highest BCUT2D eigenvalue weighted by Crippen LogP contribution is 2.48. The Morgan fingerprint density at radius 1 is 0.607 bits per heavy atom. The number of hydrogen-bond donors (Lipinski definition) is 0. The van der Waals surface area contributed by atoms with Crippen molar-refractivity contribution < 1.29 is 0 Å². The van der Waals surface area contributed by atoms with E-state index >= 15 is 0 Å². The minimum atomic E-state index is 1.03. The Hall–Kier alpha value is -3.16. The summed E-state index contributed by atoms with van der Waals surface area (Å²) in [6.07, 6.45) is 1.03. The molecule has 1 heterocycles. The van der Waals surface area contributed by atoms with Crippen LogP contribution in [0.1, 0.15) is 11.1 Å². The molecule has 0 saturated carbocycles. The molecule has 0 saturated heterocycles. The van der Waals surface area contributed by atoms with Gasteiger partial charge in [0.25, 0.3) is 0 Å². The normalized spacial score (nSPS) is 12.9. The minimum absolute atomic E-state index is 1.03. The largest absolute Gasteiger partial charge is 0.135 e. The van der Waals surface area contributed by atoms with Gasteiger partial charge in [-0.05, 0) is 68.4 Å². The van der Waals surface area contributed by atoms with Gasteiger partial charge in [-0.25, -0.2) is 0 Å². The van der Waals surface area contributed by atoms with Crippen molar-refractivity contribution in [3.8, 4) is 11.1 Å². The molecule has 5 aromatic carbocycles. The van der Waals surface area contributed by atoms with Crippen LogP contribution in [0.15, 0.2) is 84.9 Å². The summed E-state index contributed by atoms with van der Waals surface area (Å²) < 4.78 is 2.80. The zero-order valence-corrected chi connectivity index (χ0v) is 16.0. The monoisotopic (exact) mass is 372 g/mol. The molecule has 6 aromatic rings. The lowest BCUT2D eigenvalue weighted by Crippen LogP contribution is -1.82. The maximum Gasteiger partial charge on any atom is 0.0361 e. The molecule has 28 heavy (non-hydrogen) atoms. The van der Waals surface area contributed by atoms with E-state index < -0.39 is 0 Å². The van der Waals surface area contributed by atoms with Gasteiger partial charge in [0, 0.05) is 20.2 Å². The molecular formula is C27H16S. The molecule has 7 rings (SSSR count). The van der Waals surface area contributed by atoms with Crippen molar-refractivity contribution in [2.75, 3.05) is 0 Å². The first kappa shape index (κ1) is 14.8. The van der Waals surface area contributed by atoms with Gasteiger partial charge in [-0.1, -0.05) is 66.7 Å². The number of rotatable bonds is 0. The van der Waals surface area contributed by atoms with Crippen LogP contribution in [-0.2, 0) is 6.42 Å². The fourth-order valence-corrected chi connectivity index (χ4v) is 6.18. The molecule has 1 aliphatic rings. The third-order valence-corrected chi connectivity index (χ3v) is 7.38. The SMILES string of the molecule is c1ccc2cc3c(cc2c1)sc1ccc2c(c13)Cc1ccc3ccccc3c1-2. The topological polar surface area (TPSA) is 0 Å². The van der Waals surface area contributed by atoms with E-state index in [9.17, 15) is 0 Å². The predicted octanol–water partition coefficient (Wildman–Crippen LogP) is 7.93. The van der Waals surface area contributed by atoms with Crippen LogP contribution in [0.5, 0.6) is 0 Å². The predicted molar refractivity (Wildman–Crippen MR) is 123 cm³/mol. The molecule has 0 spiro atoms. The van der Waals surface area contributed by atoms with E-state index in [-0.39, 0.29) is 0 Å². The molecule has 0 amide bonds. The Morgan fingerprint density at radius 2 is 1.39 bits per heavy atom. The van der Waals surface area contributed by atoms with Crippen molar-refractivity contribution in [2.45, 2.75) is 6.42 Å². The van der Waals surface area contributed by atoms with Gasteiger partial charge in [-0.15, -0.1) is 11.3 Å². The molecule has 1 aliphatic carbocycles. The van der Waals surface area contributed by atoms with Gasteiger partial charge in [0.2, 0.25) is 0 Å². The zero-order valence-electron chi connectivity index (χ0n) is 15.2. The lowest BCUT2D eigenvalue weighted by Gasteiger charge is -2.07. The van der Waals surface area contributed by atoms with E-state index in [0.29, 0.717) is 0 Å². The fraction of sp³-hybridized carbons (Fsp3) is 0.0370. The van der Waals surface area contributed by atoms with Crippen LogP contribution in [0.25, 0.3) is 52.8 Å². The maximum absolute atomic E-state index is 2.39. The van der Waals surface area contributed by atoms with Crippen molar-refractivity contribution in [3.63, 3.8) is 0 Å². The van der Waals surface area contributed by atoms with E-state index in [2.05, 4.69) is 84.9 Å². The minimum Gasteiger partial charge on any atom is -0.135 e. The molecule has 0 N–H and O–H groups in total. The summed E-state index contributed by atoms with van der Waals surface area (Å²) in [6, 6.07) is 31.5. The Labute approximate surface area is 166 Å². The Kier molecular flexibility index (Phi) is 2.76. The summed E-state index contributed by atoms with van der Waals surface area (Å²) in [5.41, 5.74) is 5.83. The Balaban J connectivity index is 1.62. The smallest absolute Gasteiger partial charge is 0.0361 e. The van der Waals surface area contributed by atoms with E-state index in [1.807, 2.05) is 11.3 Å². The van der Waals surface area contributed by atoms with Crippen LogP contribution in [-0.4, -0.2) is 0 Å². The highest BCUT2D eigenvalue weighted by Gasteiger charge is 2.24. The van der Waals surface area contributed by atoms with Crippen LogP contribution >= 0.6 is 11.3 Å². The molecule has 1 heteroatoms. The van der Waals surface area contributed by atoms with Gasteiger partial charge in [0.1, 0.15) is 0 Å². The molecule has 0 radical (unpaired) electrons. The van der Waals surface area contributed by atoms with Gasteiger partial charge in [0.15, 0.2) is 0 Å². The van der Waals surface area contributed by atoms with Crippen LogP contribution in [0, 0.1) is 0 Å². The number of hydrogen-bond acceptors (Lipinski definition) is 1. The lowest BCUT2D eigenvalue weighted by molar-refractivity contribution is 1.29. The van der Waals surface area contributed by atoms with E-state index in [0.717, 1.165) is 6.42 Å². The first-order valence-corrected chi connectivity index (χ1v) is 10.6. The summed E-state index contributed by atoms with van der Waals surface area (Å²) in [6.45, 7) is 0. The molecule has 0 atom stereocenters. The summed E-state index contributed by atoms with van der Waals surface area (Å²) in [4.78, 5) is 0. The third kappa shape index (κ3) is 1.85. The average molecular weight is 372 g/mol. The van der Waals surface area contributed by atoms with Gasteiger partial charge in [0.05, 0.1) is 0 Å². The van der Waals surface area contributed by atoms with Crippen molar-refractivity contribution in [3.05, 3.63) is 96.1 Å². The molecule has 0 nitrogen and oxygen atoms in total. The van der Waals surface area contributed by atoms with Crippen molar-refractivity contribution in [1.82, 2.24) is 0 Å². The van der Waals surface area contributed by atoms with E-state index in [4.69, 9.17) is 0 Å². The van der Waals surface area contributed by atoms with Crippen molar-refractivity contribution in [2.24, 2.45) is 0 Å². The number of benzene rings is 5. The standard InChI is InChI=1S/C27H16S/c1-2-7-18-15-25-23(13-17(18)6-1)27-22-14-19-10-9-16-5-3-4-8-20(16)26(19)21(22)11-12-24(27)28-25/h1-13,15H,14H2. The molecular weight excluding hydrogens is 356 g/mol. The first-order chi connectivity index (χ1) is 13.9. The molecule has 0 aliphatic heterocycles. The molecule has 0 bridgehead atoms. The summed E-state index contributed by atoms with van der Waals surface area (Å²) in [5, 5.41) is 8.23. The third-order valence-electron chi connectivity index (χ3n) is 6.26. The van der Waals surface area contributed by atoms with Gasteiger partial charge >= 0.3 is 0 Å². The molecule has 0 fully saturated rings.